The van der Waals surface area contributed by atoms with Gasteiger partial charge in [0.25, 0.3) is 0 Å². The third kappa shape index (κ3) is 8.54. The van der Waals surface area contributed by atoms with Crippen LogP contribution in [-0.4, -0.2) is 6.36 Å². The lowest BCUT2D eigenvalue weighted by Gasteiger charge is -2.38. The predicted octanol–water partition coefficient (Wildman–Crippen LogP) is 12.6. The maximum absolute atomic E-state index is 15.3. The Kier molecular flexibility index (Phi) is 11.1. The Hall–Kier alpha value is -3.42. The highest BCUT2D eigenvalue weighted by molar-refractivity contribution is 5.65. The number of alkyl halides is 7. The molecule has 3 aromatic carbocycles. The second-order valence-corrected chi connectivity index (χ2v) is 13.2. The molecular weight excluding hydrogens is 692 g/mol. The molecule has 0 heterocycles. The van der Waals surface area contributed by atoms with Gasteiger partial charge in [-0.1, -0.05) is 44.7 Å². The van der Waals surface area contributed by atoms with E-state index in [4.69, 9.17) is 0 Å². The van der Waals surface area contributed by atoms with E-state index >= 15 is 4.39 Å². The minimum atomic E-state index is -6.04. The van der Waals surface area contributed by atoms with Crippen molar-refractivity contribution in [3.63, 3.8) is 0 Å². The van der Waals surface area contributed by atoms with Crippen molar-refractivity contribution in [2.45, 2.75) is 95.6 Å². The predicted molar refractivity (Wildman–Crippen MR) is 159 cm³/mol. The summed E-state index contributed by atoms with van der Waals surface area (Å²) in [6, 6.07) is 4.28. The van der Waals surface area contributed by atoms with Gasteiger partial charge < -0.3 is 4.74 Å². The molecule has 3 aromatic rings. The Morgan fingerprint density at radius 3 is 1.60 bits per heavy atom. The van der Waals surface area contributed by atoms with Gasteiger partial charge in [0.05, 0.1) is 0 Å². The number of ether oxygens (including phenoxy) is 2. The highest BCUT2D eigenvalue weighted by Crippen LogP contribution is 2.46. The van der Waals surface area contributed by atoms with E-state index in [0.717, 1.165) is 31.6 Å². The van der Waals surface area contributed by atoms with E-state index in [0.29, 0.717) is 29.5 Å². The van der Waals surface area contributed by atoms with Crippen LogP contribution in [0, 0.1) is 46.8 Å². The number of hydrogen-bond acceptors (Lipinski definition) is 2. The fourth-order valence-electron chi connectivity index (χ4n) is 7.59. The molecule has 0 N–H and O–H groups in total. The van der Waals surface area contributed by atoms with Gasteiger partial charge in [-0.2, -0.15) is 17.6 Å². The molecule has 2 aliphatic rings. The second kappa shape index (κ2) is 14.7. The molecule has 0 unspecified atom stereocenters. The van der Waals surface area contributed by atoms with Crippen LogP contribution in [0.1, 0.15) is 93.7 Å². The highest BCUT2D eigenvalue weighted by atomic mass is 19.4. The van der Waals surface area contributed by atoms with Crippen molar-refractivity contribution in [1.29, 1.82) is 0 Å². The summed E-state index contributed by atoms with van der Waals surface area (Å²) >= 11 is 0. The molecule has 2 nitrogen and oxygen atoms in total. The summed E-state index contributed by atoms with van der Waals surface area (Å²) in [5, 5.41) is 0. The van der Waals surface area contributed by atoms with E-state index in [1.165, 1.54) is 50.7 Å². The first-order valence-corrected chi connectivity index (χ1v) is 16.4. The Labute approximate surface area is 280 Å². The molecule has 0 atom stereocenters. The molecular formula is C36H34F12O2. The number of hydrogen-bond donors (Lipinski definition) is 0. The number of rotatable bonds is 10. The highest BCUT2D eigenvalue weighted by Gasteiger charge is 2.50. The van der Waals surface area contributed by atoms with E-state index in [1.807, 2.05) is 0 Å². The fourth-order valence-corrected chi connectivity index (χ4v) is 7.59. The van der Waals surface area contributed by atoms with Crippen LogP contribution in [0.25, 0.3) is 11.1 Å². The summed E-state index contributed by atoms with van der Waals surface area (Å²) in [6.45, 7) is 2.21. The zero-order valence-electron chi connectivity index (χ0n) is 26.8. The third-order valence-corrected chi connectivity index (χ3v) is 9.93. The van der Waals surface area contributed by atoms with Gasteiger partial charge in [-0.05, 0) is 91.5 Å². The SMILES string of the molecule is CCCC1CCC(C2CCC(c3ccc(-c4cc(F)c(C(F)(F)Oc5cc(F)c(C(F)(F)OC(F)(F)F)c(F)c5)c(F)c4)c(F)c3)CC2)CC1. The molecule has 5 rings (SSSR count). The monoisotopic (exact) mass is 726 g/mol. The molecule has 14 heteroatoms. The lowest BCUT2D eigenvalue weighted by Crippen LogP contribution is -2.30. The van der Waals surface area contributed by atoms with Crippen molar-refractivity contribution < 1.29 is 62.2 Å². The molecule has 2 fully saturated rings. The van der Waals surface area contributed by atoms with E-state index in [1.54, 1.807) is 6.07 Å². The van der Waals surface area contributed by atoms with Gasteiger partial charge in [0.15, 0.2) is 0 Å². The van der Waals surface area contributed by atoms with Crippen molar-refractivity contribution in [3.05, 3.63) is 88.2 Å². The summed E-state index contributed by atoms with van der Waals surface area (Å²) in [6.07, 6.45) is -5.42. The van der Waals surface area contributed by atoms with Gasteiger partial charge in [-0.25, -0.2) is 26.7 Å². The van der Waals surface area contributed by atoms with Gasteiger partial charge in [-0.3, -0.25) is 0 Å². The largest absolute Gasteiger partial charge is 0.527 e. The lowest BCUT2D eigenvalue weighted by molar-refractivity contribution is -0.432. The minimum Gasteiger partial charge on any atom is -0.429 e. The number of benzene rings is 3. The lowest BCUT2D eigenvalue weighted by atomic mass is 9.68. The van der Waals surface area contributed by atoms with Gasteiger partial charge in [0, 0.05) is 17.7 Å². The molecule has 274 valence electrons. The minimum absolute atomic E-state index is 0.0880. The average molecular weight is 727 g/mol. The first-order valence-electron chi connectivity index (χ1n) is 16.4. The molecule has 0 spiro atoms. The van der Waals surface area contributed by atoms with E-state index < -0.39 is 70.1 Å². The van der Waals surface area contributed by atoms with E-state index in [-0.39, 0.29) is 23.6 Å². The Morgan fingerprint density at radius 2 is 1.10 bits per heavy atom. The maximum Gasteiger partial charge on any atom is 0.527 e. The van der Waals surface area contributed by atoms with Gasteiger partial charge in [-0.15, -0.1) is 13.2 Å². The Bertz CT molecular complexity index is 1610. The van der Waals surface area contributed by atoms with Crippen molar-refractivity contribution in [3.8, 4) is 16.9 Å². The number of halogens is 12. The molecule has 0 saturated heterocycles. The van der Waals surface area contributed by atoms with Gasteiger partial charge in [0.2, 0.25) is 0 Å². The average Bonchev–Trinajstić information content (AvgIpc) is 2.99. The van der Waals surface area contributed by atoms with Crippen molar-refractivity contribution >= 4 is 0 Å². The van der Waals surface area contributed by atoms with Crippen LogP contribution in [0.2, 0.25) is 0 Å². The topological polar surface area (TPSA) is 18.5 Å². The Balaban J connectivity index is 1.28. The quantitative estimate of drug-likeness (QED) is 0.194. The van der Waals surface area contributed by atoms with Crippen LogP contribution in [0.15, 0.2) is 42.5 Å². The summed E-state index contributed by atoms with van der Waals surface area (Å²) in [5.41, 5.74) is -4.67. The zero-order chi connectivity index (χ0) is 36.6. The molecule has 0 amide bonds. The molecule has 0 aliphatic heterocycles. The summed E-state index contributed by atoms with van der Waals surface area (Å²) < 4.78 is 174. The molecule has 2 aliphatic carbocycles. The van der Waals surface area contributed by atoms with Crippen LogP contribution in [0.4, 0.5) is 52.7 Å². The second-order valence-electron chi connectivity index (χ2n) is 13.2. The maximum atomic E-state index is 15.3. The summed E-state index contributed by atoms with van der Waals surface area (Å²) in [4.78, 5) is 0. The van der Waals surface area contributed by atoms with Crippen molar-refractivity contribution in [2.24, 2.45) is 17.8 Å². The standard InChI is InChI=1S/C36H34F12O2/c1-2-3-19-4-6-20(7-5-19)21-8-10-22(11-9-21)23-12-13-26(27(37)14-23)24-15-28(38)32(29(39)16-24)34(42,43)49-25-17-30(40)33(31(41)18-25)35(44,45)50-36(46,47)48/h12-22H,2-11H2,1H3. The normalized spacial score (nSPS) is 22.1. The Morgan fingerprint density at radius 1 is 0.600 bits per heavy atom. The van der Waals surface area contributed by atoms with Crippen molar-refractivity contribution in [2.75, 3.05) is 0 Å². The molecule has 50 heavy (non-hydrogen) atoms. The van der Waals surface area contributed by atoms with E-state index in [9.17, 15) is 48.3 Å². The molecule has 0 radical (unpaired) electrons. The zero-order valence-corrected chi connectivity index (χ0v) is 26.8. The molecule has 2 saturated carbocycles. The van der Waals surface area contributed by atoms with Crippen LogP contribution in [0.5, 0.6) is 5.75 Å². The third-order valence-electron chi connectivity index (χ3n) is 9.93. The fraction of sp³-hybridized carbons (Fsp3) is 0.500. The van der Waals surface area contributed by atoms with E-state index in [2.05, 4.69) is 16.4 Å². The van der Waals surface area contributed by atoms with Gasteiger partial charge in [0.1, 0.15) is 46.0 Å². The summed E-state index contributed by atoms with van der Waals surface area (Å²) in [5.74, 6) is -9.07. The van der Waals surface area contributed by atoms with Crippen LogP contribution >= 0.6 is 0 Å². The molecule has 0 aromatic heterocycles. The van der Waals surface area contributed by atoms with Crippen molar-refractivity contribution in [1.82, 2.24) is 0 Å². The molecule has 0 bridgehead atoms. The summed E-state index contributed by atoms with van der Waals surface area (Å²) in [7, 11) is 0. The smallest absolute Gasteiger partial charge is 0.429 e. The first-order chi connectivity index (χ1) is 23.4. The van der Waals surface area contributed by atoms with Crippen LogP contribution in [0.3, 0.4) is 0 Å². The van der Waals surface area contributed by atoms with Crippen LogP contribution < -0.4 is 4.74 Å². The van der Waals surface area contributed by atoms with Gasteiger partial charge >= 0.3 is 18.6 Å². The first kappa shape index (κ1) is 37.8. The van der Waals surface area contributed by atoms with Crippen LogP contribution in [-0.2, 0) is 17.0 Å².